The summed E-state index contributed by atoms with van der Waals surface area (Å²) < 4.78 is 0. The van der Waals surface area contributed by atoms with E-state index < -0.39 is 24.0 Å². The van der Waals surface area contributed by atoms with Gasteiger partial charge >= 0.3 is 5.97 Å². The largest absolute Gasteiger partial charge is 0.480 e. The van der Waals surface area contributed by atoms with Crippen molar-refractivity contribution in [1.29, 1.82) is 0 Å². The minimum Gasteiger partial charge on any atom is -0.480 e. The smallest absolute Gasteiger partial charge is 0.320 e. The first-order valence-electron chi connectivity index (χ1n) is 4.51. The highest BCUT2D eigenvalue weighted by atomic mass is 16.4. The van der Waals surface area contributed by atoms with E-state index in [2.05, 4.69) is 0 Å². The minimum atomic E-state index is -1.11. The number of hydrogen-bond acceptors (Lipinski definition) is 6. The van der Waals surface area contributed by atoms with Crippen LogP contribution in [0.1, 0.15) is 12.8 Å². The fourth-order valence-corrected chi connectivity index (χ4v) is 0.479. The Balaban J connectivity index is 0. The van der Waals surface area contributed by atoms with Gasteiger partial charge in [-0.1, -0.05) is 0 Å². The number of nitrogens with two attached hydrogens (primary N) is 2. The number of aliphatic hydroxyl groups is 3. The Morgan fingerprint density at radius 2 is 1.62 bits per heavy atom. The fraction of sp³-hybridized carbons (Fsp3) is 0.750. The lowest BCUT2D eigenvalue weighted by atomic mass is 10.2. The fourth-order valence-electron chi connectivity index (χ4n) is 0.479. The van der Waals surface area contributed by atoms with E-state index >= 15 is 0 Å². The molecule has 0 heterocycles. The second kappa shape index (κ2) is 10.3. The van der Waals surface area contributed by atoms with Crippen LogP contribution < -0.4 is 11.5 Å². The zero-order valence-electron chi connectivity index (χ0n) is 8.74. The molecule has 8 heteroatoms. The molecule has 0 aliphatic carbocycles. The average Bonchev–Trinajstić information content (AvgIpc) is 2.25. The Hall–Kier alpha value is -1.22. The molecule has 0 spiro atoms. The molecule has 8 nitrogen and oxygen atoms in total. The van der Waals surface area contributed by atoms with E-state index in [-0.39, 0.29) is 26.1 Å². The number of carboxylic acids is 1. The lowest BCUT2D eigenvalue weighted by Crippen LogP contribution is -2.31. The first-order chi connectivity index (χ1) is 7.34. The van der Waals surface area contributed by atoms with E-state index in [0.29, 0.717) is 0 Å². The van der Waals surface area contributed by atoms with E-state index in [1.807, 2.05) is 0 Å². The molecule has 0 rings (SSSR count). The van der Waals surface area contributed by atoms with Crippen LogP contribution >= 0.6 is 0 Å². The van der Waals surface area contributed by atoms with Gasteiger partial charge in [0.05, 0.1) is 13.2 Å². The molecule has 0 aliphatic rings. The maximum absolute atomic E-state index is 10.1. The Kier molecular flexibility index (Phi) is 11.1. The molecule has 0 aliphatic heterocycles. The van der Waals surface area contributed by atoms with Gasteiger partial charge in [0.25, 0.3) is 0 Å². The molecular weight excluding hydrogens is 220 g/mol. The topological polar surface area (TPSA) is 167 Å². The molecule has 96 valence electrons. The van der Waals surface area contributed by atoms with Gasteiger partial charge in [0.2, 0.25) is 5.91 Å². The predicted octanol–water partition coefficient (Wildman–Crippen LogP) is -3.00. The SMILES string of the molecule is NC(=O)CCC(N)C(=O)O.OCC(O)CO. The second-order valence-corrected chi connectivity index (χ2v) is 2.97. The number of carboxylic acid groups (broad SMARTS) is 1. The summed E-state index contributed by atoms with van der Waals surface area (Å²) in [4.78, 5) is 20.1. The van der Waals surface area contributed by atoms with Crippen molar-refractivity contribution in [1.82, 2.24) is 0 Å². The summed E-state index contributed by atoms with van der Waals surface area (Å²) in [5.74, 6) is -1.64. The van der Waals surface area contributed by atoms with Crippen LogP contribution in [-0.4, -0.2) is 57.7 Å². The number of hydrogen-bond donors (Lipinski definition) is 6. The maximum Gasteiger partial charge on any atom is 0.320 e. The van der Waals surface area contributed by atoms with Gasteiger partial charge in [-0.25, -0.2) is 0 Å². The highest BCUT2D eigenvalue weighted by Gasteiger charge is 2.11. The van der Waals surface area contributed by atoms with Gasteiger partial charge in [0.15, 0.2) is 0 Å². The summed E-state index contributed by atoms with van der Waals surface area (Å²) in [5, 5.41) is 32.2. The van der Waals surface area contributed by atoms with Crippen LogP contribution in [0.25, 0.3) is 0 Å². The zero-order valence-corrected chi connectivity index (χ0v) is 8.74. The predicted molar refractivity (Wildman–Crippen MR) is 54.2 cm³/mol. The van der Waals surface area contributed by atoms with Crippen molar-refractivity contribution in [2.24, 2.45) is 11.5 Å². The number of primary amides is 1. The number of rotatable bonds is 6. The third-order valence-electron chi connectivity index (χ3n) is 1.44. The van der Waals surface area contributed by atoms with Crippen LogP contribution in [0.4, 0.5) is 0 Å². The van der Waals surface area contributed by atoms with Gasteiger partial charge in [-0.3, -0.25) is 9.59 Å². The maximum atomic E-state index is 10.1. The van der Waals surface area contributed by atoms with E-state index in [1.165, 1.54) is 0 Å². The number of carbonyl (C=O) groups is 2. The van der Waals surface area contributed by atoms with Crippen LogP contribution in [0.3, 0.4) is 0 Å². The van der Waals surface area contributed by atoms with Gasteiger partial charge in [-0.15, -0.1) is 0 Å². The average molecular weight is 238 g/mol. The Morgan fingerprint density at radius 3 is 1.81 bits per heavy atom. The number of carbonyl (C=O) groups excluding carboxylic acids is 1. The van der Waals surface area contributed by atoms with Gasteiger partial charge < -0.3 is 31.9 Å². The van der Waals surface area contributed by atoms with Crippen LogP contribution in [-0.2, 0) is 9.59 Å². The van der Waals surface area contributed by atoms with E-state index in [1.54, 1.807) is 0 Å². The molecule has 0 fully saturated rings. The summed E-state index contributed by atoms with van der Waals surface area (Å²) in [7, 11) is 0. The lowest BCUT2D eigenvalue weighted by molar-refractivity contribution is -0.138. The molecule has 1 unspecified atom stereocenters. The summed E-state index contributed by atoms with van der Waals surface area (Å²) in [6, 6.07) is -0.979. The first-order valence-corrected chi connectivity index (χ1v) is 4.51. The molecule has 0 aromatic heterocycles. The van der Waals surface area contributed by atoms with Gasteiger partial charge in [0, 0.05) is 6.42 Å². The van der Waals surface area contributed by atoms with Gasteiger partial charge in [0.1, 0.15) is 12.1 Å². The Labute approximate surface area is 92.5 Å². The highest BCUT2D eigenvalue weighted by molar-refractivity contribution is 5.76. The summed E-state index contributed by atoms with van der Waals surface area (Å²) in [6.07, 6.45) is -0.831. The molecule has 16 heavy (non-hydrogen) atoms. The van der Waals surface area contributed by atoms with Gasteiger partial charge in [-0.2, -0.15) is 0 Å². The number of aliphatic carboxylic acids is 1. The molecule has 0 aromatic rings. The summed E-state index contributed by atoms with van der Waals surface area (Å²) >= 11 is 0. The molecule has 0 saturated heterocycles. The minimum absolute atomic E-state index is 0.0213. The first kappa shape index (κ1) is 17.2. The van der Waals surface area contributed by atoms with Crippen molar-refractivity contribution >= 4 is 11.9 Å². The number of amides is 1. The normalized spacial score (nSPS) is 11.6. The molecule has 8 N–H and O–H groups in total. The monoisotopic (exact) mass is 238 g/mol. The van der Waals surface area contributed by atoms with Crippen LogP contribution in [0.2, 0.25) is 0 Å². The number of aliphatic hydroxyl groups excluding tert-OH is 3. The van der Waals surface area contributed by atoms with Crippen molar-refractivity contribution in [2.75, 3.05) is 13.2 Å². The zero-order chi connectivity index (χ0) is 13.1. The van der Waals surface area contributed by atoms with Crippen molar-refractivity contribution in [3.63, 3.8) is 0 Å². The quantitative estimate of drug-likeness (QED) is 0.286. The molecule has 1 amide bonds. The van der Waals surface area contributed by atoms with Crippen LogP contribution in [0, 0.1) is 0 Å². The molecule has 0 aromatic carbocycles. The third kappa shape index (κ3) is 12.8. The van der Waals surface area contributed by atoms with Crippen LogP contribution in [0.15, 0.2) is 0 Å². The van der Waals surface area contributed by atoms with Crippen LogP contribution in [0.5, 0.6) is 0 Å². The van der Waals surface area contributed by atoms with Crippen molar-refractivity contribution in [2.45, 2.75) is 25.0 Å². The standard InChI is InChI=1S/C5H10N2O3.C3H8O3/c6-3(5(9)10)1-2-4(7)8;4-1-3(6)2-5/h3H,1-2,6H2,(H2,7,8)(H,9,10);3-6H,1-2H2. The third-order valence-corrected chi connectivity index (χ3v) is 1.44. The highest BCUT2D eigenvalue weighted by Crippen LogP contribution is 1.92. The molecule has 0 radical (unpaired) electrons. The lowest BCUT2D eigenvalue weighted by Gasteiger charge is -2.01. The summed E-state index contributed by atoms with van der Waals surface area (Å²) in [5.41, 5.74) is 9.81. The molecular formula is C8H18N2O6. The van der Waals surface area contributed by atoms with E-state index in [9.17, 15) is 9.59 Å². The summed E-state index contributed by atoms with van der Waals surface area (Å²) in [6.45, 7) is -0.729. The molecule has 0 bridgehead atoms. The molecule has 0 saturated carbocycles. The van der Waals surface area contributed by atoms with E-state index in [0.717, 1.165) is 0 Å². The van der Waals surface area contributed by atoms with E-state index in [4.69, 9.17) is 31.9 Å². The Morgan fingerprint density at radius 1 is 1.19 bits per heavy atom. The molecule has 1 atom stereocenters. The van der Waals surface area contributed by atoms with Crippen molar-refractivity contribution in [3.8, 4) is 0 Å². The van der Waals surface area contributed by atoms with Gasteiger partial charge in [-0.05, 0) is 6.42 Å². The Bertz CT molecular complexity index is 207. The second-order valence-electron chi connectivity index (χ2n) is 2.97. The van der Waals surface area contributed by atoms with Crippen molar-refractivity contribution < 1.29 is 30.0 Å². The van der Waals surface area contributed by atoms with Crippen molar-refractivity contribution in [3.05, 3.63) is 0 Å².